The number of nitrogens with zero attached hydrogens (tertiary/aromatic N) is 1. The number of benzene rings is 3. The molecular weight excluding hydrogens is 300 g/mol. The molecule has 0 bridgehead atoms. The van der Waals surface area contributed by atoms with Gasteiger partial charge in [-0.05, 0) is 28.8 Å². The number of rotatable bonds is 4. The van der Waals surface area contributed by atoms with Crippen molar-refractivity contribution in [2.24, 2.45) is 5.16 Å². The van der Waals surface area contributed by atoms with Gasteiger partial charge in [0.05, 0.1) is 11.9 Å². The number of hydrogen-bond donors (Lipinski definition) is 3. The van der Waals surface area contributed by atoms with Crippen molar-refractivity contribution in [3.8, 4) is 28.0 Å². The molecule has 0 amide bonds. The fourth-order valence-electron chi connectivity index (χ4n) is 2.84. The van der Waals surface area contributed by atoms with Gasteiger partial charge in [0.15, 0.2) is 0 Å². The Morgan fingerprint density at radius 1 is 0.875 bits per heavy atom. The molecule has 120 valence electrons. The highest BCUT2D eigenvalue weighted by molar-refractivity contribution is 6.00. The molecule has 24 heavy (non-hydrogen) atoms. The SMILES string of the molecule is CNc1c(/C=N/O)ccc(-c2ccccc2)c1-c1ccc(O)cc1. The first-order chi connectivity index (χ1) is 11.7. The zero-order chi connectivity index (χ0) is 16.9. The van der Waals surface area contributed by atoms with Gasteiger partial charge in [-0.1, -0.05) is 59.8 Å². The van der Waals surface area contributed by atoms with Gasteiger partial charge < -0.3 is 15.6 Å². The third-order valence-electron chi connectivity index (χ3n) is 3.93. The first-order valence-electron chi connectivity index (χ1n) is 7.61. The van der Waals surface area contributed by atoms with Gasteiger partial charge in [0, 0.05) is 18.2 Å². The third-order valence-corrected chi connectivity index (χ3v) is 3.93. The molecular formula is C20H18N2O2. The Hall–Kier alpha value is -3.27. The molecule has 4 nitrogen and oxygen atoms in total. The lowest BCUT2D eigenvalue weighted by atomic mass is 9.91. The van der Waals surface area contributed by atoms with Crippen LogP contribution in [0, 0.1) is 0 Å². The molecule has 0 atom stereocenters. The molecule has 3 rings (SSSR count). The second kappa shape index (κ2) is 6.87. The number of phenols is 1. The summed E-state index contributed by atoms with van der Waals surface area (Å²) in [6.45, 7) is 0. The molecule has 0 unspecified atom stereocenters. The van der Waals surface area contributed by atoms with E-state index in [-0.39, 0.29) is 5.75 Å². The normalized spacial score (nSPS) is 10.9. The van der Waals surface area contributed by atoms with Gasteiger partial charge in [-0.15, -0.1) is 0 Å². The van der Waals surface area contributed by atoms with Crippen LogP contribution in [0.1, 0.15) is 5.56 Å². The number of hydrogen-bond acceptors (Lipinski definition) is 4. The Kier molecular flexibility index (Phi) is 4.47. The summed E-state index contributed by atoms with van der Waals surface area (Å²) in [5.74, 6) is 0.221. The van der Waals surface area contributed by atoms with Gasteiger partial charge in [0.2, 0.25) is 0 Å². The van der Waals surface area contributed by atoms with Crippen molar-refractivity contribution < 1.29 is 10.3 Å². The Morgan fingerprint density at radius 3 is 2.21 bits per heavy atom. The van der Waals surface area contributed by atoms with Crippen LogP contribution < -0.4 is 5.32 Å². The largest absolute Gasteiger partial charge is 0.508 e. The highest BCUT2D eigenvalue weighted by Gasteiger charge is 2.15. The summed E-state index contributed by atoms with van der Waals surface area (Å²) in [5, 5.41) is 24.9. The summed E-state index contributed by atoms with van der Waals surface area (Å²) < 4.78 is 0. The van der Waals surface area contributed by atoms with Gasteiger partial charge in [0.1, 0.15) is 5.75 Å². The smallest absolute Gasteiger partial charge is 0.115 e. The summed E-state index contributed by atoms with van der Waals surface area (Å²) >= 11 is 0. The quantitative estimate of drug-likeness (QED) is 0.375. The van der Waals surface area contributed by atoms with Crippen molar-refractivity contribution in [3.63, 3.8) is 0 Å². The summed E-state index contributed by atoms with van der Waals surface area (Å²) in [6, 6.07) is 21.1. The molecule has 4 heteroatoms. The van der Waals surface area contributed by atoms with Crippen LogP contribution in [0.5, 0.6) is 5.75 Å². The van der Waals surface area contributed by atoms with Crippen molar-refractivity contribution >= 4 is 11.9 Å². The molecule has 3 aromatic carbocycles. The van der Waals surface area contributed by atoms with E-state index >= 15 is 0 Å². The maximum absolute atomic E-state index is 9.59. The van der Waals surface area contributed by atoms with Crippen molar-refractivity contribution in [2.45, 2.75) is 0 Å². The van der Waals surface area contributed by atoms with Crippen molar-refractivity contribution in [3.05, 3.63) is 72.3 Å². The minimum atomic E-state index is 0.221. The number of anilines is 1. The van der Waals surface area contributed by atoms with Crippen LogP contribution in [0.25, 0.3) is 22.3 Å². The summed E-state index contributed by atoms with van der Waals surface area (Å²) in [4.78, 5) is 0. The van der Waals surface area contributed by atoms with Crippen LogP contribution in [0.2, 0.25) is 0 Å². The van der Waals surface area contributed by atoms with E-state index in [1.165, 1.54) is 6.21 Å². The standard InChI is InChI=1S/C20H18N2O2/c1-21-20-16(13-22-24)9-12-18(14-5-3-2-4-6-14)19(20)15-7-10-17(23)11-8-15/h2-13,21,23-24H,1H3/b22-13+. The molecule has 3 N–H and O–H groups in total. The van der Waals surface area contributed by atoms with Crippen LogP contribution >= 0.6 is 0 Å². The number of phenolic OH excluding ortho intramolecular Hbond substituents is 1. The molecule has 0 aliphatic rings. The van der Waals surface area contributed by atoms with E-state index < -0.39 is 0 Å². The Bertz CT molecular complexity index is 857. The van der Waals surface area contributed by atoms with Crippen molar-refractivity contribution in [2.75, 3.05) is 12.4 Å². The van der Waals surface area contributed by atoms with E-state index in [0.29, 0.717) is 0 Å². The second-order valence-corrected chi connectivity index (χ2v) is 5.36. The lowest BCUT2D eigenvalue weighted by molar-refractivity contribution is 0.322. The summed E-state index contributed by atoms with van der Waals surface area (Å²) in [7, 11) is 1.84. The minimum absolute atomic E-state index is 0.221. The summed E-state index contributed by atoms with van der Waals surface area (Å²) in [6.07, 6.45) is 1.41. The van der Waals surface area contributed by atoms with Gasteiger partial charge in [-0.25, -0.2) is 0 Å². The van der Waals surface area contributed by atoms with Crippen LogP contribution in [0.3, 0.4) is 0 Å². The molecule has 0 saturated heterocycles. The molecule has 0 heterocycles. The minimum Gasteiger partial charge on any atom is -0.508 e. The highest BCUT2D eigenvalue weighted by Crippen LogP contribution is 2.39. The van der Waals surface area contributed by atoms with E-state index in [1.54, 1.807) is 12.1 Å². The number of nitrogens with one attached hydrogen (secondary N) is 1. The molecule has 0 aliphatic carbocycles. The zero-order valence-electron chi connectivity index (χ0n) is 13.3. The first-order valence-corrected chi connectivity index (χ1v) is 7.61. The van der Waals surface area contributed by atoms with E-state index in [9.17, 15) is 5.11 Å². The number of aromatic hydroxyl groups is 1. The molecule has 0 fully saturated rings. The molecule has 3 aromatic rings. The van der Waals surface area contributed by atoms with Crippen LogP contribution in [-0.2, 0) is 0 Å². The Balaban J connectivity index is 2.32. The topological polar surface area (TPSA) is 64.9 Å². The summed E-state index contributed by atoms with van der Waals surface area (Å²) in [5.41, 5.74) is 5.73. The Labute approximate surface area is 140 Å². The molecule has 0 aliphatic heterocycles. The third kappa shape index (κ3) is 2.94. The average molecular weight is 318 g/mol. The van der Waals surface area contributed by atoms with Crippen molar-refractivity contribution in [1.29, 1.82) is 0 Å². The molecule has 0 radical (unpaired) electrons. The molecule has 0 saturated carbocycles. The van der Waals surface area contributed by atoms with E-state index in [2.05, 4.69) is 22.6 Å². The number of oxime groups is 1. The zero-order valence-corrected chi connectivity index (χ0v) is 13.3. The predicted molar refractivity (Wildman–Crippen MR) is 97.9 cm³/mol. The monoisotopic (exact) mass is 318 g/mol. The van der Waals surface area contributed by atoms with Gasteiger partial charge >= 0.3 is 0 Å². The van der Waals surface area contributed by atoms with Gasteiger partial charge in [0.25, 0.3) is 0 Å². The highest BCUT2D eigenvalue weighted by atomic mass is 16.4. The second-order valence-electron chi connectivity index (χ2n) is 5.36. The van der Waals surface area contributed by atoms with E-state index in [1.807, 2.05) is 49.5 Å². The molecule has 0 aromatic heterocycles. The average Bonchev–Trinajstić information content (AvgIpc) is 2.63. The predicted octanol–water partition coefficient (Wildman–Crippen LogP) is 4.58. The Morgan fingerprint density at radius 2 is 1.58 bits per heavy atom. The maximum atomic E-state index is 9.59. The molecule has 0 spiro atoms. The maximum Gasteiger partial charge on any atom is 0.115 e. The fourth-order valence-corrected chi connectivity index (χ4v) is 2.84. The van der Waals surface area contributed by atoms with Gasteiger partial charge in [-0.2, -0.15) is 0 Å². The van der Waals surface area contributed by atoms with Crippen LogP contribution in [-0.4, -0.2) is 23.6 Å². The van der Waals surface area contributed by atoms with Crippen LogP contribution in [0.4, 0.5) is 5.69 Å². The fraction of sp³-hybridized carbons (Fsp3) is 0.0500. The van der Waals surface area contributed by atoms with E-state index in [4.69, 9.17) is 5.21 Å². The van der Waals surface area contributed by atoms with Crippen molar-refractivity contribution in [1.82, 2.24) is 0 Å². The van der Waals surface area contributed by atoms with Crippen LogP contribution in [0.15, 0.2) is 71.9 Å². The van der Waals surface area contributed by atoms with E-state index in [0.717, 1.165) is 33.5 Å². The lowest BCUT2D eigenvalue weighted by Crippen LogP contribution is -2.00. The van der Waals surface area contributed by atoms with Gasteiger partial charge in [-0.3, -0.25) is 0 Å². The first kappa shape index (κ1) is 15.6. The lowest BCUT2D eigenvalue weighted by Gasteiger charge is -2.18.